The summed E-state index contributed by atoms with van der Waals surface area (Å²) in [6.45, 7) is 10.5. The number of hydrogen-bond acceptors (Lipinski definition) is 1. The number of aliphatic imine (C=N–C) groups is 1. The van der Waals surface area contributed by atoms with Crippen LogP contribution >= 0.6 is 24.0 Å². The van der Waals surface area contributed by atoms with Crippen molar-refractivity contribution >= 4 is 29.9 Å². The van der Waals surface area contributed by atoms with Gasteiger partial charge in [-0.3, -0.25) is 4.99 Å². The van der Waals surface area contributed by atoms with Gasteiger partial charge in [0.1, 0.15) is 0 Å². The van der Waals surface area contributed by atoms with E-state index in [1.54, 1.807) is 0 Å². The molecule has 0 bridgehead atoms. The highest BCUT2D eigenvalue weighted by molar-refractivity contribution is 14.0. The SMILES string of the molecule is C=CCNC(=NCCCCCC)NCC.I. The molecule has 96 valence electrons. The van der Waals surface area contributed by atoms with Crippen LogP contribution in [-0.2, 0) is 0 Å². The lowest BCUT2D eigenvalue weighted by Gasteiger charge is -2.08. The number of halogens is 1. The highest BCUT2D eigenvalue weighted by atomic mass is 127. The lowest BCUT2D eigenvalue weighted by molar-refractivity contribution is 0.671. The summed E-state index contributed by atoms with van der Waals surface area (Å²) in [6, 6.07) is 0. The van der Waals surface area contributed by atoms with Crippen LogP contribution in [0.25, 0.3) is 0 Å². The molecule has 2 N–H and O–H groups in total. The van der Waals surface area contributed by atoms with E-state index < -0.39 is 0 Å². The Labute approximate surface area is 117 Å². The van der Waals surface area contributed by atoms with Crippen molar-refractivity contribution in [2.45, 2.75) is 39.5 Å². The highest BCUT2D eigenvalue weighted by Gasteiger charge is 1.93. The quantitative estimate of drug-likeness (QED) is 0.235. The van der Waals surface area contributed by atoms with Gasteiger partial charge in [-0.15, -0.1) is 30.6 Å². The van der Waals surface area contributed by atoms with Gasteiger partial charge in [-0.25, -0.2) is 0 Å². The van der Waals surface area contributed by atoms with Crippen molar-refractivity contribution in [3.63, 3.8) is 0 Å². The number of guanidine groups is 1. The van der Waals surface area contributed by atoms with Gasteiger partial charge in [0.25, 0.3) is 0 Å². The molecule has 0 rings (SSSR count). The van der Waals surface area contributed by atoms with Gasteiger partial charge in [0.05, 0.1) is 0 Å². The molecule has 0 saturated carbocycles. The van der Waals surface area contributed by atoms with Gasteiger partial charge >= 0.3 is 0 Å². The van der Waals surface area contributed by atoms with Crippen LogP contribution < -0.4 is 10.6 Å². The molecule has 0 radical (unpaired) electrons. The predicted molar refractivity (Wildman–Crippen MR) is 83.7 cm³/mol. The fourth-order valence-corrected chi connectivity index (χ4v) is 1.24. The van der Waals surface area contributed by atoms with Gasteiger partial charge in [-0.05, 0) is 13.3 Å². The molecular weight excluding hydrogens is 313 g/mol. The van der Waals surface area contributed by atoms with Gasteiger partial charge < -0.3 is 10.6 Å². The molecule has 4 heteroatoms. The molecule has 0 saturated heterocycles. The number of nitrogens with zero attached hydrogens (tertiary/aromatic N) is 1. The van der Waals surface area contributed by atoms with E-state index in [-0.39, 0.29) is 24.0 Å². The molecule has 0 fully saturated rings. The van der Waals surface area contributed by atoms with Crippen molar-refractivity contribution in [2.24, 2.45) is 4.99 Å². The zero-order chi connectivity index (χ0) is 11.4. The Kier molecular flexibility index (Phi) is 16.7. The summed E-state index contributed by atoms with van der Waals surface area (Å²) < 4.78 is 0. The molecule has 0 atom stereocenters. The summed E-state index contributed by atoms with van der Waals surface area (Å²) in [7, 11) is 0. The van der Waals surface area contributed by atoms with Crippen molar-refractivity contribution in [1.29, 1.82) is 0 Å². The zero-order valence-electron chi connectivity index (χ0n) is 10.6. The Morgan fingerprint density at radius 1 is 1.19 bits per heavy atom. The average Bonchev–Trinajstić information content (AvgIpc) is 2.25. The number of hydrogen-bond donors (Lipinski definition) is 2. The van der Waals surface area contributed by atoms with Gasteiger partial charge in [-0.1, -0.05) is 32.3 Å². The molecule has 16 heavy (non-hydrogen) atoms. The first kappa shape index (κ1) is 18.1. The number of rotatable bonds is 8. The van der Waals surface area contributed by atoms with E-state index >= 15 is 0 Å². The minimum Gasteiger partial charge on any atom is -0.357 e. The normalized spacial score (nSPS) is 10.5. The maximum atomic E-state index is 4.47. The van der Waals surface area contributed by atoms with E-state index in [4.69, 9.17) is 0 Å². The standard InChI is InChI=1S/C12H25N3.HI/c1-4-7-8-9-11-15-12(13-6-3)14-10-5-2;/h5H,2,4,6-11H2,1,3H3,(H2,13,14,15);1H. The van der Waals surface area contributed by atoms with Crippen LogP contribution in [0.5, 0.6) is 0 Å². The molecule has 0 aliphatic heterocycles. The molecule has 0 amide bonds. The molecule has 3 nitrogen and oxygen atoms in total. The Morgan fingerprint density at radius 3 is 2.50 bits per heavy atom. The van der Waals surface area contributed by atoms with Crippen molar-refractivity contribution < 1.29 is 0 Å². The lowest BCUT2D eigenvalue weighted by Crippen LogP contribution is -2.37. The van der Waals surface area contributed by atoms with E-state index in [1.807, 2.05) is 6.08 Å². The molecule has 0 aliphatic rings. The third kappa shape index (κ3) is 11.8. The molecule has 0 unspecified atom stereocenters. The second kappa shape index (κ2) is 14.7. The fraction of sp³-hybridized carbons (Fsp3) is 0.750. The first-order valence-corrected chi connectivity index (χ1v) is 5.98. The van der Waals surface area contributed by atoms with E-state index in [2.05, 4.69) is 36.1 Å². The van der Waals surface area contributed by atoms with Crippen LogP contribution in [-0.4, -0.2) is 25.6 Å². The third-order valence-electron chi connectivity index (χ3n) is 2.04. The average molecular weight is 339 g/mol. The van der Waals surface area contributed by atoms with E-state index in [0.717, 1.165) is 25.6 Å². The van der Waals surface area contributed by atoms with E-state index in [9.17, 15) is 0 Å². The van der Waals surface area contributed by atoms with Gasteiger partial charge in [-0.2, -0.15) is 0 Å². The van der Waals surface area contributed by atoms with Crippen LogP contribution in [0.4, 0.5) is 0 Å². The summed E-state index contributed by atoms with van der Waals surface area (Å²) in [5.74, 6) is 0.897. The first-order valence-electron chi connectivity index (χ1n) is 5.98. The second-order valence-electron chi connectivity index (χ2n) is 3.49. The van der Waals surface area contributed by atoms with Gasteiger partial charge in [0.2, 0.25) is 0 Å². The summed E-state index contributed by atoms with van der Waals surface area (Å²) in [5, 5.41) is 6.38. The fourth-order valence-electron chi connectivity index (χ4n) is 1.24. The van der Waals surface area contributed by atoms with Crippen LogP contribution in [0.3, 0.4) is 0 Å². The summed E-state index contributed by atoms with van der Waals surface area (Å²) in [6.07, 6.45) is 6.88. The minimum atomic E-state index is 0. The third-order valence-corrected chi connectivity index (χ3v) is 2.04. The van der Waals surface area contributed by atoms with Gasteiger partial charge in [0.15, 0.2) is 5.96 Å². The Hall–Kier alpha value is -0.260. The van der Waals surface area contributed by atoms with Crippen LogP contribution in [0.1, 0.15) is 39.5 Å². The van der Waals surface area contributed by atoms with Crippen molar-refractivity contribution in [3.05, 3.63) is 12.7 Å². The zero-order valence-corrected chi connectivity index (χ0v) is 12.9. The lowest BCUT2D eigenvalue weighted by atomic mass is 10.2. The topological polar surface area (TPSA) is 36.4 Å². The van der Waals surface area contributed by atoms with Gasteiger partial charge in [0, 0.05) is 19.6 Å². The first-order chi connectivity index (χ1) is 7.35. The molecular formula is C12H26IN3. The van der Waals surface area contributed by atoms with E-state index in [1.165, 1.54) is 25.7 Å². The summed E-state index contributed by atoms with van der Waals surface area (Å²) in [5.41, 5.74) is 0. The number of nitrogens with one attached hydrogen (secondary N) is 2. The Morgan fingerprint density at radius 2 is 1.94 bits per heavy atom. The maximum Gasteiger partial charge on any atom is 0.191 e. The van der Waals surface area contributed by atoms with Crippen LogP contribution in [0.15, 0.2) is 17.6 Å². The summed E-state index contributed by atoms with van der Waals surface area (Å²) >= 11 is 0. The maximum absolute atomic E-state index is 4.47. The smallest absolute Gasteiger partial charge is 0.191 e. The second-order valence-corrected chi connectivity index (χ2v) is 3.49. The molecule has 0 aromatic carbocycles. The molecule has 0 spiro atoms. The summed E-state index contributed by atoms with van der Waals surface area (Å²) in [4.78, 5) is 4.47. The Bertz CT molecular complexity index is 181. The van der Waals surface area contributed by atoms with Crippen LogP contribution in [0.2, 0.25) is 0 Å². The highest BCUT2D eigenvalue weighted by Crippen LogP contribution is 1.98. The minimum absolute atomic E-state index is 0. The molecule has 0 aliphatic carbocycles. The molecule has 0 aromatic heterocycles. The van der Waals surface area contributed by atoms with Crippen LogP contribution in [0, 0.1) is 0 Å². The van der Waals surface area contributed by atoms with Crippen molar-refractivity contribution in [3.8, 4) is 0 Å². The predicted octanol–water partition coefficient (Wildman–Crippen LogP) is 2.93. The molecule has 0 aromatic rings. The molecule has 0 heterocycles. The van der Waals surface area contributed by atoms with Crippen molar-refractivity contribution in [2.75, 3.05) is 19.6 Å². The van der Waals surface area contributed by atoms with Crippen molar-refractivity contribution in [1.82, 2.24) is 10.6 Å². The largest absolute Gasteiger partial charge is 0.357 e. The van der Waals surface area contributed by atoms with E-state index in [0.29, 0.717) is 0 Å². The number of unbranched alkanes of at least 4 members (excludes halogenated alkanes) is 3. The Balaban J connectivity index is 0. The monoisotopic (exact) mass is 339 g/mol.